The van der Waals surface area contributed by atoms with Crippen LogP contribution in [0.15, 0.2) is 35.9 Å². The van der Waals surface area contributed by atoms with E-state index in [1.807, 2.05) is 24.3 Å². The molecule has 6 nitrogen and oxygen atoms in total. The average molecular weight is 374 g/mol. The maximum absolute atomic E-state index is 12.4. The van der Waals surface area contributed by atoms with Crippen LogP contribution < -0.4 is 4.74 Å². The molecule has 1 aromatic carbocycles. The van der Waals surface area contributed by atoms with Gasteiger partial charge in [0.2, 0.25) is 0 Å². The van der Waals surface area contributed by atoms with Crippen molar-refractivity contribution < 1.29 is 28.5 Å². The lowest BCUT2D eigenvalue weighted by Gasteiger charge is -2.39. The van der Waals surface area contributed by atoms with Crippen LogP contribution in [0, 0.1) is 11.8 Å². The zero-order valence-corrected chi connectivity index (χ0v) is 16.0. The van der Waals surface area contributed by atoms with Gasteiger partial charge in [0, 0.05) is 19.4 Å². The molecule has 0 unspecified atom stereocenters. The normalized spacial score (nSPS) is 34.1. The van der Waals surface area contributed by atoms with Crippen molar-refractivity contribution >= 4 is 5.97 Å². The van der Waals surface area contributed by atoms with Crippen molar-refractivity contribution in [3.63, 3.8) is 0 Å². The summed E-state index contributed by atoms with van der Waals surface area (Å²) in [5, 5.41) is 0. The van der Waals surface area contributed by atoms with Crippen molar-refractivity contribution in [1.82, 2.24) is 0 Å². The van der Waals surface area contributed by atoms with E-state index in [1.54, 1.807) is 14.2 Å². The van der Waals surface area contributed by atoms with Crippen LogP contribution in [0.4, 0.5) is 0 Å². The van der Waals surface area contributed by atoms with Gasteiger partial charge in [-0.15, -0.1) is 0 Å². The SMILES string of the molecule is COC(=O)[C@@H]1C[C@]2(OC)O[C@H]3C1=CCC[C@H]3[C@H]2OCc1ccc(OC)cc1. The average Bonchev–Trinajstić information content (AvgIpc) is 3.02. The van der Waals surface area contributed by atoms with Crippen molar-refractivity contribution in [2.45, 2.75) is 43.9 Å². The van der Waals surface area contributed by atoms with Crippen LogP contribution >= 0.6 is 0 Å². The quantitative estimate of drug-likeness (QED) is 0.564. The molecule has 2 heterocycles. The summed E-state index contributed by atoms with van der Waals surface area (Å²) in [6.45, 7) is 0.453. The molecule has 0 N–H and O–H groups in total. The number of fused-ring (bicyclic) bond motifs is 1. The van der Waals surface area contributed by atoms with Crippen LogP contribution in [0.2, 0.25) is 0 Å². The Morgan fingerprint density at radius 2 is 2.00 bits per heavy atom. The summed E-state index contributed by atoms with van der Waals surface area (Å²) in [5.74, 6) is -0.478. The summed E-state index contributed by atoms with van der Waals surface area (Å²) < 4.78 is 28.7. The molecule has 2 aliphatic heterocycles. The number of benzene rings is 1. The molecule has 0 saturated carbocycles. The van der Waals surface area contributed by atoms with Gasteiger partial charge in [-0.05, 0) is 36.1 Å². The Morgan fingerprint density at radius 1 is 1.22 bits per heavy atom. The molecule has 0 spiro atoms. The standard InChI is InChI=1S/C21H26O6/c1-23-14-9-7-13(8-10-14)12-26-19-16-6-4-5-15-17(20(22)24-2)11-21(19,25-3)27-18(15)16/h5,7-10,16-19H,4,6,11-12H2,1-3H3/t16-,17-,18+,19-,21+/m1/s1. The van der Waals surface area contributed by atoms with E-state index in [0.717, 1.165) is 29.7 Å². The van der Waals surface area contributed by atoms with Crippen molar-refractivity contribution in [2.24, 2.45) is 11.8 Å². The van der Waals surface area contributed by atoms with Crippen molar-refractivity contribution in [3.05, 3.63) is 41.5 Å². The fourth-order valence-corrected chi connectivity index (χ4v) is 4.71. The van der Waals surface area contributed by atoms with Gasteiger partial charge in [0.25, 0.3) is 0 Å². The van der Waals surface area contributed by atoms with E-state index in [1.165, 1.54) is 7.11 Å². The molecule has 0 radical (unpaired) electrons. The third-order valence-electron chi connectivity index (χ3n) is 6.06. The van der Waals surface area contributed by atoms with Crippen LogP contribution in [0.3, 0.4) is 0 Å². The highest BCUT2D eigenvalue weighted by molar-refractivity contribution is 5.76. The first-order valence-electron chi connectivity index (χ1n) is 9.37. The smallest absolute Gasteiger partial charge is 0.313 e. The van der Waals surface area contributed by atoms with Crippen LogP contribution in [0.1, 0.15) is 24.8 Å². The number of hydrogen-bond acceptors (Lipinski definition) is 6. The predicted octanol–water partition coefficient (Wildman–Crippen LogP) is 2.85. The molecule has 2 saturated heterocycles. The second-order valence-corrected chi connectivity index (χ2v) is 7.36. The third-order valence-corrected chi connectivity index (χ3v) is 6.06. The molecule has 3 aliphatic rings. The monoisotopic (exact) mass is 374 g/mol. The predicted molar refractivity (Wildman–Crippen MR) is 97.1 cm³/mol. The minimum Gasteiger partial charge on any atom is -0.497 e. The Hall–Kier alpha value is -1.89. The highest BCUT2D eigenvalue weighted by Crippen LogP contribution is 2.54. The lowest BCUT2D eigenvalue weighted by molar-refractivity contribution is -0.269. The number of allylic oxidation sites excluding steroid dienone is 1. The number of hydrogen-bond donors (Lipinski definition) is 0. The van der Waals surface area contributed by atoms with Gasteiger partial charge in [-0.25, -0.2) is 0 Å². The summed E-state index contributed by atoms with van der Waals surface area (Å²) in [6.07, 6.45) is 4.05. The number of methoxy groups -OCH3 is 3. The van der Waals surface area contributed by atoms with Crippen molar-refractivity contribution in [3.8, 4) is 5.75 Å². The zero-order valence-electron chi connectivity index (χ0n) is 16.0. The number of esters is 1. The number of ether oxygens (including phenoxy) is 5. The first-order valence-corrected chi connectivity index (χ1v) is 9.37. The van der Waals surface area contributed by atoms with Gasteiger partial charge >= 0.3 is 5.97 Å². The molecule has 1 aromatic rings. The van der Waals surface area contributed by atoms with Crippen LogP contribution in [-0.2, 0) is 30.3 Å². The molecular weight excluding hydrogens is 348 g/mol. The second kappa shape index (κ2) is 7.26. The largest absolute Gasteiger partial charge is 0.497 e. The Labute approximate surface area is 159 Å². The maximum atomic E-state index is 12.4. The van der Waals surface area contributed by atoms with E-state index in [0.29, 0.717) is 13.0 Å². The summed E-state index contributed by atoms with van der Waals surface area (Å²) in [7, 11) is 4.71. The fourth-order valence-electron chi connectivity index (χ4n) is 4.71. The van der Waals surface area contributed by atoms with Crippen molar-refractivity contribution in [1.29, 1.82) is 0 Å². The first-order chi connectivity index (χ1) is 13.1. The number of carbonyl (C=O) groups is 1. The molecule has 27 heavy (non-hydrogen) atoms. The minimum atomic E-state index is -0.914. The Morgan fingerprint density at radius 3 is 2.67 bits per heavy atom. The molecule has 5 atom stereocenters. The number of rotatable bonds is 6. The molecule has 4 rings (SSSR count). The topological polar surface area (TPSA) is 63.2 Å². The summed E-state index contributed by atoms with van der Waals surface area (Å²) in [6, 6.07) is 7.82. The van der Waals surface area contributed by atoms with E-state index in [2.05, 4.69) is 6.08 Å². The summed E-state index contributed by atoms with van der Waals surface area (Å²) in [5.41, 5.74) is 2.08. The molecular formula is C21H26O6. The van der Waals surface area contributed by atoms with Gasteiger partial charge in [-0.2, -0.15) is 0 Å². The van der Waals surface area contributed by atoms with Gasteiger partial charge in [0.15, 0.2) is 5.79 Å². The fraction of sp³-hybridized carbons (Fsp3) is 0.571. The van der Waals surface area contributed by atoms with E-state index in [4.69, 9.17) is 23.7 Å². The maximum Gasteiger partial charge on any atom is 0.313 e. The van der Waals surface area contributed by atoms with Crippen molar-refractivity contribution in [2.75, 3.05) is 21.3 Å². The Kier molecular flexibility index (Phi) is 4.97. The van der Waals surface area contributed by atoms with E-state index >= 15 is 0 Å². The third kappa shape index (κ3) is 3.06. The molecule has 146 valence electrons. The highest BCUT2D eigenvalue weighted by Gasteiger charge is 2.63. The second-order valence-electron chi connectivity index (χ2n) is 7.36. The minimum absolute atomic E-state index is 0.141. The lowest BCUT2D eigenvalue weighted by atomic mass is 9.81. The molecule has 2 fully saturated rings. The summed E-state index contributed by atoms with van der Waals surface area (Å²) >= 11 is 0. The van der Waals surface area contributed by atoms with Gasteiger partial charge in [0.1, 0.15) is 11.9 Å². The van der Waals surface area contributed by atoms with Crippen LogP contribution in [-0.4, -0.2) is 45.3 Å². The van der Waals surface area contributed by atoms with E-state index in [-0.39, 0.29) is 30.0 Å². The molecule has 1 aliphatic carbocycles. The first kappa shape index (κ1) is 18.5. The summed E-state index contributed by atoms with van der Waals surface area (Å²) in [4.78, 5) is 12.4. The van der Waals surface area contributed by atoms with Gasteiger partial charge in [-0.1, -0.05) is 18.2 Å². The van der Waals surface area contributed by atoms with Gasteiger partial charge in [0.05, 0.1) is 32.8 Å². The van der Waals surface area contributed by atoms with E-state index < -0.39 is 5.79 Å². The van der Waals surface area contributed by atoms with Crippen LogP contribution in [0.25, 0.3) is 0 Å². The molecule has 2 bridgehead atoms. The zero-order chi connectivity index (χ0) is 19.0. The van der Waals surface area contributed by atoms with E-state index in [9.17, 15) is 4.79 Å². The highest BCUT2D eigenvalue weighted by atomic mass is 16.7. The lowest BCUT2D eigenvalue weighted by Crippen LogP contribution is -2.48. The van der Waals surface area contributed by atoms with Crippen LogP contribution in [0.5, 0.6) is 5.75 Å². The molecule has 0 amide bonds. The Bertz CT molecular complexity index is 727. The Balaban J connectivity index is 1.57. The van der Waals surface area contributed by atoms with Gasteiger partial charge < -0.3 is 23.7 Å². The molecule has 0 aromatic heterocycles. The van der Waals surface area contributed by atoms with Gasteiger partial charge in [-0.3, -0.25) is 4.79 Å². The number of carbonyl (C=O) groups excluding carboxylic acids is 1. The molecule has 6 heteroatoms.